The Morgan fingerprint density at radius 2 is 2.15 bits per heavy atom. The first kappa shape index (κ1) is 12.3. The zero-order valence-corrected chi connectivity index (χ0v) is 11.1. The standard InChI is InChI=1S/C13H13N5O2/c1-3-20-13(19)10-7-15-18-12(10)5-4-11(16-18)9-6-14-17(2)8-9/h4-8H,3H2,1-2H3. The minimum absolute atomic E-state index is 0.331. The summed E-state index contributed by atoms with van der Waals surface area (Å²) in [6.07, 6.45) is 5.06. The lowest BCUT2D eigenvalue weighted by Gasteiger charge is -2.00. The number of fused-ring (bicyclic) bond motifs is 1. The molecule has 102 valence electrons. The fraction of sp³-hybridized carbons (Fsp3) is 0.231. The highest BCUT2D eigenvalue weighted by atomic mass is 16.5. The molecular weight excluding hydrogens is 258 g/mol. The molecule has 0 amide bonds. The van der Waals surface area contributed by atoms with E-state index in [0.717, 1.165) is 11.3 Å². The van der Waals surface area contributed by atoms with Gasteiger partial charge in [-0.15, -0.1) is 5.10 Å². The number of nitrogens with zero attached hydrogens (tertiary/aromatic N) is 5. The quantitative estimate of drug-likeness (QED) is 0.671. The van der Waals surface area contributed by atoms with E-state index < -0.39 is 5.97 Å². The first-order valence-electron chi connectivity index (χ1n) is 6.20. The van der Waals surface area contributed by atoms with Crippen LogP contribution >= 0.6 is 0 Å². The molecule has 0 aliphatic rings. The Hall–Kier alpha value is -2.70. The predicted octanol–water partition coefficient (Wildman–Crippen LogP) is 1.31. The fourth-order valence-corrected chi connectivity index (χ4v) is 1.95. The van der Waals surface area contributed by atoms with Crippen molar-refractivity contribution < 1.29 is 9.53 Å². The van der Waals surface area contributed by atoms with Crippen molar-refractivity contribution in [1.82, 2.24) is 24.6 Å². The molecule has 0 fully saturated rings. The van der Waals surface area contributed by atoms with Crippen LogP contribution in [0.1, 0.15) is 17.3 Å². The highest BCUT2D eigenvalue weighted by Gasteiger charge is 2.15. The molecule has 0 aromatic carbocycles. The van der Waals surface area contributed by atoms with E-state index >= 15 is 0 Å². The summed E-state index contributed by atoms with van der Waals surface area (Å²) in [6.45, 7) is 2.10. The summed E-state index contributed by atoms with van der Waals surface area (Å²) < 4.78 is 8.11. The van der Waals surface area contributed by atoms with Crippen LogP contribution in [0, 0.1) is 0 Å². The van der Waals surface area contributed by atoms with Crippen LogP contribution in [0.15, 0.2) is 30.7 Å². The highest BCUT2D eigenvalue weighted by Crippen LogP contribution is 2.18. The maximum Gasteiger partial charge on any atom is 0.342 e. The molecule has 0 N–H and O–H groups in total. The Bertz CT molecular complexity index is 774. The summed E-state index contributed by atoms with van der Waals surface area (Å²) in [5.74, 6) is -0.390. The van der Waals surface area contributed by atoms with Crippen LogP contribution in [0.5, 0.6) is 0 Å². The molecule has 3 rings (SSSR count). The van der Waals surface area contributed by atoms with E-state index in [1.165, 1.54) is 10.8 Å². The Morgan fingerprint density at radius 3 is 2.85 bits per heavy atom. The molecule has 0 saturated heterocycles. The van der Waals surface area contributed by atoms with E-state index in [0.29, 0.717) is 17.7 Å². The minimum Gasteiger partial charge on any atom is -0.462 e. The zero-order chi connectivity index (χ0) is 14.1. The van der Waals surface area contributed by atoms with E-state index in [1.54, 1.807) is 23.9 Å². The van der Waals surface area contributed by atoms with Gasteiger partial charge in [-0.05, 0) is 19.1 Å². The molecule has 3 aromatic rings. The van der Waals surface area contributed by atoms with Crippen molar-refractivity contribution in [3.63, 3.8) is 0 Å². The first-order chi connectivity index (χ1) is 9.69. The average molecular weight is 271 g/mol. The van der Waals surface area contributed by atoms with Gasteiger partial charge in [-0.3, -0.25) is 4.68 Å². The monoisotopic (exact) mass is 271 g/mol. The third kappa shape index (κ3) is 2.03. The van der Waals surface area contributed by atoms with Gasteiger partial charge >= 0.3 is 5.97 Å². The molecule has 0 bridgehead atoms. The van der Waals surface area contributed by atoms with Crippen molar-refractivity contribution in [3.05, 3.63) is 36.3 Å². The van der Waals surface area contributed by atoms with Gasteiger partial charge in [-0.2, -0.15) is 14.8 Å². The van der Waals surface area contributed by atoms with Gasteiger partial charge in [0.15, 0.2) is 0 Å². The SMILES string of the molecule is CCOC(=O)c1cnn2nc(-c3cnn(C)c3)ccc12. The van der Waals surface area contributed by atoms with Gasteiger partial charge in [0.25, 0.3) is 0 Å². The molecule has 0 aliphatic heterocycles. The first-order valence-corrected chi connectivity index (χ1v) is 6.20. The number of aryl methyl sites for hydroxylation is 1. The van der Waals surface area contributed by atoms with Crippen molar-refractivity contribution in [2.75, 3.05) is 6.61 Å². The third-order valence-corrected chi connectivity index (χ3v) is 2.89. The van der Waals surface area contributed by atoms with Crippen molar-refractivity contribution in [3.8, 4) is 11.3 Å². The lowest BCUT2D eigenvalue weighted by Crippen LogP contribution is -2.04. The van der Waals surface area contributed by atoms with E-state index in [2.05, 4.69) is 15.3 Å². The summed E-state index contributed by atoms with van der Waals surface area (Å²) in [6, 6.07) is 3.63. The van der Waals surface area contributed by atoms with E-state index in [9.17, 15) is 4.79 Å². The Kier molecular flexibility index (Phi) is 2.94. The van der Waals surface area contributed by atoms with Crippen molar-refractivity contribution in [2.24, 2.45) is 7.05 Å². The van der Waals surface area contributed by atoms with Gasteiger partial charge in [-0.25, -0.2) is 4.79 Å². The molecule has 0 atom stereocenters. The number of hydrogen-bond donors (Lipinski definition) is 0. The summed E-state index contributed by atoms with van der Waals surface area (Å²) in [5, 5.41) is 12.6. The maximum absolute atomic E-state index is 11.8. The molecule has 3 heterocycles. The van der Waals surface area contributed by atoms with Crippen molar-refractivity contribution >= 4 is 11.5 Å². The number of rotatable bonds is 3. The number of ether oxygens (including phenoxy) is 1. The molecule has 7 heteroatoms. The maximum atomic E-state index is 11.8. The summed E-state index contributed by atoms with van der Waals surface area (Å²) in [7, 11) is 1.84. The van der Waals surface area contributed by atoms with Crippen LogP contribution in [0.3, 0.4) is 0 Å². The molecule has 3 aromatic heterocycles. The number of carbonyl (C=O) groups is 1. The highest BCUT2D eigenvalue weighted by molar-refractivity contribution is 5.96. The molecule has 0 aliphatic carbocycles. The van der Waals surface area contributed by atoms with Crippen LogP contribution in [-0.2, 0) is 11.8 Å². The number of carbonyl (C=O) groups excluding carboxylic acids is 1. The van der Waals surface area contributed by atoms with Crippen LogP contribution in [0.2, 0.25) is 0 Å². The minimum atomic E-state index is -0.390. The molecule has 20 heavy (non-hydrogen) atoms. The van der Waals surface area contributed by atoms with Gasteiger partial charge in [-0.1, -0.05) is 0 Å². The second-order valence-electron chi connectivity index (χ2n) is 4.27. The van der Waals surface area contributed by atoms with Gasteiger partial charge in [0.05, 0.1) is 24.7 Å². The van der Waals surface area contributed by atoms with Crippen LogP contribution in [0.25, 0.3) is 16.8 Å². The normalized spacial score (nSPS) is 10.9. The van der Waals surface area contributed by atoms with Crippen LogP contribution < -0.4 is 0 Å². The van der Waals surface area contributed by atoms with Gasteiger partial charge in [0.1, 0.15) is 11.1 Å². The lowest BCUT2D eigenvalue weighted by molar-refractivity contribution is 0.0528. The van der Waals surface area contributed by atoms with Crippen LogP contribution in [0.4, 0.5) is 0 Å². The molecule has 0 saturated carbocycles. The van der Waals surface area contributed by atoms with E-state index in [-0.39, 0.29) is 0 Å². The van der Waals surface area contributed by atoms with Gasteiger partial charge < -0.3 is 4.74 Å². The molecule has 0 radical (unpaired) electrons. The largest absolute Gasteiger partial charge is 0.462 e. The van der Waals surface area contributed by atoms with Crippen LogP contribution in [-0.4, -0.2) is 37.2 Å². The smallest absolute Gasteiger partial charge is 0.342 e. The van der Waals surface area contributed by atoms with E-state index in [1.807, 2.05) is 19.3 Å². The molecule has 7 nitrogen and oxygen atoms in total. The summed E-state index contributed by atoms with van der Waals surface area (Å²) >= 11 is 0. The third-order valence-electron chi connectivity index (χ3n) is 2.89. The summed E-state index contributed by atoms with van der Waals surface area (Å²) in [5.41, 5.74) is 2.67. The number of aromatic nitrogens is 5. The summed E-state index contributed by atoms with van der Waals surface area (Å²) in [4.78, 5) is 11.8. The Morgan fingerprint density at radius 1 is 1.30 bits per heavy atom. The average Bonchev–Trinajstić information content (AvgIpc) is 3.04. The lowest BCUT2D eigenvalue weighted by atomic mass is 10.2. The topological polar surface area (TPSA) is 74.3 Å². The van der Waals surface area contributed by atoms with Gasteiger partial charge in [0, 0.05) is 18.8 Å². The Labute approximate surface area is 114 Å². The number of esters is 1. The van der Waals surface area contributed by atoms with Crippen molar-refractivity contribution in [2.45, 2.75) is 6.92 Å². The fourth-order valence-electron chi connectivity index (χ4n) is 1.95. The van der Waals surface area contributed by atoms with Gasteiger partial charge in [0.2, 0.25) is 0 Å². The molecular formula is C13H13N5O2. The predicted molar refractivity (Wildman–Crippen MR) is 71.1 cm³/mol. The Balaban J connectivity index is 2.03. The van der Waals surface area contributed by atoms with E-state index in [4.69, 9.17) is 4.74 Å². The van der Waals surface area contributed by atoms with Crippen molar-refractivity contribution in [1.29, 1.82) is 0 Å². The second kappa shape index (κ2) is 4.76. The second-order valence-corrected chi connectivity index (χ2v) is 4.27. The molecule has 0 unspecified atom stereocenters. The zero-order valence-electron chi connectivity index (χ0n) is 11.1. The molecule has 0 spiro atoms. The number of hydrogen-bond acceptors (Lipinski definition) is 5.